The Morgan fingerprint density at radius 2 is 2.17 bits per heavy atom. The zero-order valence-electron chi connectivity index (χ0n) is 12.5. The molecule has 0 spiro atoms. The highest BCUT2D eigenvalue weighted by atomic mass is 16.6. The molecule has 118 valence electrons. The summed E-state index contributed by atoms with van der Waals surface area (Å²) in [7, 11) is 0. The van der Waals surface area contributed by atoms with Crippen LogP contribution in [0.5, 0.6) is 0 Å². The smallest absolute Gasteiger partial charge is 0.331 e. The summed E-state index contributed by atoms with van der Waals surface area (Å²) in [6, 6.07) is 8.13. The molecule has 6 heteroatoms. The third-order valence-corrected chi connectivity index (χ3v) is 2.97. The Morgan fingerprint density at radius 1 is 1.39 bits per heavy atom. The predicted molar refractivity (Wildman–Crippen MR) is 85.7 cm³/mol. The van der Waals surface area contributed by atoms with Crippen molar-refractivity contribution < 1.29 is 18.9 Å². The van der Waals surface area contributed by atoms with E-state index in [-0.39, 0.29) is 12.3 Å². The lowest BCUT2D eigenvalue weighted by atomic mass is 10.1. The van der Waals surface area contributed by atoms with Crippen molar-refractivity contribution in [1.82, 2.24) is 0 Å². The van der Waals surface area contributed by atoms with Gasteiger partial charge >= 0.3 is 5.97 Å². The Kier molecular flexibility index (Phi) is 5.09. The lowest BCUT2D eigenvalue weighted by Crippen LogP contribution is -1.99. The summed E-state index contributed by atoms with van der Waals surface area (Å²) in [6.45, 7) is 5.35. The van der Waals surface area contributed by atoms with E-state index in [1.807, 2.05) is 0 Å². The van der Waals surface area contributed by atoms with Gasteiger partial charge in [-0.25, -0.2) is 4.79 Å². The monoisotopic (exact) mass is 313 g/mol. The Labute approximate surface area is 132 Å². The molecule has 0 saturated heterocycles. The number of carbonyl (C=O) groups is 1. The van der Waals surface area contributed by atoms with E-state index in [0.29, 0.717) is 17.1 Å². The number of benzene rings is 1. The minimum atomic E-state index is -0.524. The molecule has 2 rings (SSSR count). The van der Waals surface area contributed by atoms with Crippen molar-refractivity contribution in [2.45, 2.75) is 6.92 Å². The van der Waals surface area contributed by atoms with Crippen LogP contribution < -0.4 is 0 Å². The van der Waals surface area contributed by atoms with Crippen molar-refractivity contribution in [3.05, 3.63) is 70.5 Å². The predicted octanol–water partition coefficient (Wildman–Crippen LogP) is 3.91. The fourth-order valence-electron chi connectivity index (χ4n) is 1.93. The first kappa shape index (κ1) is 16.2. The van der Waals surface area contributed by atoms with Gasteiger partial charge in [-0.2, -0.15) is 0 Å². The number of nitro benzene ring substituents is 1. The number of rotatable bonds is 6. The van der Waals surface area contributed by atoms with Crippen LogP contribution in [0.1, 0.15) is 11.3 Å². The van der Waals surface area contributed by atoms with E-state index in [9.17, 15) is 14.9 Å². The van der Waals surface area contributed by atoms with E-state index >= 15 is 0 Å². The first-order chi connectivity index (χ1) is 11.0. The van der Waals surface area contributed by atoms with Crippen molar-refractivity contribution >= 4 is 17.7 Å². The number of aryl methyl sites for hydroxylation is 1. The Morgan fingerprint density at radius 3 is 2.87 bits per heavy atom. The second kappa shape index (κ2) is 7.22. The number of carbonyl (C=O) groups excluding carboxylic acids is 1. The number of nitrogens with zero attached hydrogens (tertiary/aromatic N) is 1. The van der Waals surface area contributed by atoms with Gasteiger partial charge in [-0.3, -0.25) is 10.1 Å². The number of hydrogen-bond acceptors (Lipinski definition) is 5. The molecule has 0 amide bonds. The molecule has 0 atom stereocenters. The number of furan rings is 1. The zero-order valence-corrected chi connectivity index (χ0v) is 12.5. The molecule has 0 saturated carbocycles. The third-order valence-electron chi connectivity index (χ3n) is 2.97. The summed E-state index contributed by atoms with van der Waals surface area (Å²) in [5.41, 5.74) is 1.15. The number of ether oxygens (including phenoxy) is 1. The third kappa shape index (κ3) is 4.16. The van der Waals surface area contributed by atoms with Gasteiger partial charge in [0.2, 0.25) is 0 Å². The first-order valence-electron chi connectivity index (χ1n) is 6.82. The van der Waals surface area contributed by atoms with Gasteiger partial charge < -0.3 is 9.15 Å². The molecule has 6 nitrogen and oxygen atoms in total. The highest BCUT2D eigenvalue weighted by Gasteiger charge is 2.17. The normalized spacial score (nSPS) is 10.7. The van der Waals surface area contributed by atoms with Gasteiger partial charge in [0.05, 0.1) is 10.5 Å². The zero-order chi connectivity index (χ0) is 16.8. The molecule has 0 aliphatic heterocycles. The first-order valence-corrected chi connectivity index (χ1v) is 6.82. The average Bonchev–Trinajstić information content (AvgIpc) is 2.99. The molecule has 0 fully saturated rings. The van der Waals surface area contributed by atoms with Crippen molar-refractivity contribution in [2.75, 3.05) is 6.61 Å². The molecule has 0 radical (unpaired) electrons. The maximum absolute atomic E-state index is 11.3. The standard InChI is InChI=1S/C17H15NO5/c1-3-10-22-17(19)9-6-13-5-8-16(23-13)14-7-4-12(2)11-15(14)18(20)21/h3-9,11H,1,10H2,2H3/b9-6+. The minimum Gasteiger partial charge on any atom is -0.458 e. The van der Waals surface area contributed by atoms with Crippen LogP contribution in [-0.4, -0.2) is 17.5 Å². The molecule has 1 heterocycles. The number of hydrogen-bond donors (Lipinski definition) is 0. The van der Waals surface area contributed by atoms with Crippen LogP contribution in [0.25, 0.3) is 17.4 Å². The number of esters is 1. The van der Waals surface area contributed by atoms with Gasteiger partial charge in [0.15, 0.2) is 0 Å². The van der Waals surface area contributed by atoms with Crippen LogP contribution in [0.4, 0.5) is 5.69 Å². The number of nitro groups is 1. The van der Waals surface area contributed by atoms with Crippen LogP contribution in [0.2, 0.25) is 0 Å². The largest absolute Gasteiger partial charge is 0.458 e. The van der Waals surface area contributed by atoms with Crippen molar-refractivity contribution in [3.63, 3.8) is 0 Å². The summed E-state index contributed by atoms with van der Waals surface area (Å²) >= 11 is 0. The quantitative estimate of drug-likeness (QED) is 0.265. The molecule has 0 aliphatic carbocycles. The second-order valence-electron chi connectivity index (χ2n) is 4.73. The van der Waals surface area contributed by atoms with Gasteiger partial charge in [-0.1, -0.05) is 18.7 Å². The van der Waals surface area contributed by atoms with Crippen LogP contribution in [-0.2, 0) is 9.53 Å². The van der Waals surface area contributed by atoms with Gasteiger partial charge in [0.25, 0.3) is 5.69 Å². The van der Waals surface area contributed by atoms with Crippen LogP contribution >= 0.6 is 0 Å². The van der Waals surface area contributed by atoms with E-state index in [1.165, 1.54) is 24.3 Å². The summed E-state index contributed by atoms with van der Waals surface area (Å²) in [4.78, 5) is 22.0. The SMILES string of the molecule is C=CCOC(=O)/C=C/c1ccc(-c2ccc(C)cc2[N+](=O)[O-])o1. The van der Waals surface area contributed by atoms with E-state index in [1.54, 1.807) is 31.2 Å². The van der Waals surface area contributed by atoms with Gasteiger partial charge in [-0.05, 0) is 36.8 Å². The second-order valence-corrected chi connectivity index (χ2v) is 4.73. The van der Waals surface area contributed by atoms with Crippen LogP contribution in [0, 0.1) is 17.0 Å². The van der Waals surface area contributed by atoms with E-state index in [4.69, 9.17) is 9.15 Å². The molecule has 23 heavy (non-hydrogen) atoms. The van der Waals surface area contributed by atoms with Crippen LogP contribution in [0.3, 0.4) is 0 Å². The Hall–Kier alpha value is -3.15. The maximum Gasteiger partial charge on any atom is 0.331 e. The lowest BCUT2D eigenvalue weighted by molar-refractivity contribution is -0.384. The minimum absolute atomic E-state index is 0.0275. The van der Waals surface area contributed by atoms with E-state index in [0.717, 1.165) is 5.56 Å². The van der Waals surface area contributed by atoms with Crippen molar-refractivity contribution in [3.8, 4) is 11.3 Å². The lowest BCUT2D eigenvalue weighted by Gasteiger charge is -2.01. The molecule has 0 bridgehead atoms. The molecular weight excluding hydrogens is 298 g/mol. The molecule has 0 aliphatic rings. The van der Waals surface area contributed by atoms with Crippen LogP contribution in [0.15, 0.2) is 53.5 Å². The van der Waals surface area contributed by atoms with Gasteiger partial charge in [0.1, 0.15) is 18.1 Å². The maximum atomic E-state index is 11.3. The molecule has 1 aromatic carbocycles. The Bertz CT molecular complexity index is 773. The summed E-state index contributed by atoms with van der Waals surface area (Å²) in [6.07, 6.45) is 4.12. The molecular formula is C17H15NO5. The summed E-state index contributed by atoms with van der Waals surface area (Å²) in [5.74, 6) is 0.227. The molecule has 0 N–H and O–H groups in total. The molecule has 2 aromatic rings. The Balaban J connectivity index is 2.23. The highest BCUT2D eigenvalue weighted by molar-refractivity contribution is 5.86. The fourth-order valence-corrected chi connectivity index (χ4v) is 1.93. The van der Waals surface area contributed by atoms with Gasteiger partial charge in [-0.15, -0.1) is 0 Å². The van der Waals surface area contributed by atoms with E-state index in [2.05, 4.69) is 6.58 Å². The molecule has 1 aromatic heterocycles. The molecule has 0 unspecified atom stereocenters. The van der Waals surface area contributed by atoms with Gasteiger partial charge in [0, 0.05) is 12.1 Å². The average molecular weight is 313 g/mol. The van der Waals surface area contributed by atoms with Crippen molar-refractivity contribution in [1.29, 1.82) is 0 Å². The summed E-state index contributed by atoms with van der Waals surface area (Å²) < 4.78 is 10.3. The highest BCUT2D eigenvalue weighted by Crippen LogP contribution is 2.32. The summed E-state index contributed by atoms with van der Waals surface area (Å²) in [5, 5.41) is 11.2. The fraction of sp³-hybridized carbons (Fsp3) is 0.118. The van der Waals surface area contributed by atoms with Crippen molar-refractivity contribution in [2.24, 2.45) is 0 Å². The topological polar surface area (TPSA) is 82.6 Å². The van der Waals surface area contributed by atoms with E-state index < -0.39 is 10.9 Å².